The van der Waals surface area contributed by atoms with Crippen LogP contribution in [0.3, 0.4) is 0 Å². The SMILES string of the molecule is CCOC(=O)c1ccc(OCCCN2CCc3cc(OC)c(OC)cc3C2)cc1. The van der Waals surface area contributed by atoms with Gasteiger partial charge in [-0.25, -0.2) is 4.79 Å². The van der Waals surface area contributed by atoms with Crippen molar-refractivity contribution in [3.8, 4) is 17.2 Å². The minimum Gasteiger partial charge on any atom is -0.494 e. The third-order valence-corrected chi connectivity index (χ3v) is 5.05. The molecule has 0 aliphatic carbocycles. The minimum absolute atomic E-state index is 0.307. The Morgan fingerprint density at radius 1 is 1.03 bits per heavy atom. The van der Waals surface area contributed by atoms with Crippen LogP contribution in [0.25, 0.3) is 0 Å². The molecule has 0 amide bonds. The van der Waals surface area contributed by atoms with Crippen molar-refractivity contribution in [2.45, 2.75) is 26.3 Å². The second-order valence-corrected chi connectivity index (χ2v) is 6.95. The van der Waals surface area contributed by atoms with Crippen LogP contribution < -0.4 is 14.2 Å². The second-order valence-electron chi connectivity index (χ2n) is 6.95. The molecule has 156 valence electrons. The number of esters is 1. The molecule has 0 radical (unpaired) electrons. The Bertz CT molecular complexity index is 819. The van der Waals surface area contributed by atoms with Gasteiger partial charge in [0.1, 0.15) is 5.75 Å². The molecule has 0 aromatic heterocycles. The van der Waals surface area contributed by atoms with Crippen molar-refractivity contribution in [1.29, 1.82) is 0 Å². The van der Waals surface area contributed by atoms with Crippen molar-refractivity contribution >= 4 is 5.97 Å². The lowest BCUT2D eigenvalue weighted by Crippen LogP contribution is -2.32. The van der Waals surface area contributed by atoms with E-state index in [9.17, 15) is 4.79 Å². The van der Waals surface area contributed by atoms with E-state index >= 15 is 0 Å². The molecule has 0 saturated carbocycles. The van der Waals surface area contributed by atoms with Crippen molar-refractivity contribution in [2.24, 2.45) is 0 Å². The van der Waals surface area contributed by atoms with Gasteiger partial charge < -0.3 is 18.9 Å². The molecule has 0 spiro atoms. The first kappa shape index (κ1) is 21.0. The quantitative estimate of drug-likeness (QED) is 0.473. The average Bonchev–Trinajstić information content (AvgIpc) is 2.76. The van der Waals surface area contributed by atoms with E-state index in [1.165, 1.54) is 11.1 Å². The molecule has 0 saturated heterocycles. The fourth-order valence-corrected chi connectivity index (χ4v) is 3.51. The first-order valence-electron chi connectivity index (χ1n) is 10.0. The number of carbonyl (C=O) groups is 1. The summed E-state index contributed by atoms with van der Waals surface area (Å²) in [5, 5.41) is 0. The molecule has 2 aromatic carbocycles. The molecular formula is C23H29NO5. The van der Waals surface area contributed by atoms with E-state index in [4.69, 9.17) is 18.9 Å². The second kappa shape index (κ2) is 10.2. The standard InChI is InChI=1S/C23H29NO5/c1-4-28-23(25)17-6-8-20(9-7-17)29-13-5-11-24-12-10-18-14-21(26-2)22(27-3)15-19(18)16-24/h6-9,14-15H,4-5,10-13,16H2,1-3H3. The van der Waals surface area contributed by atoms with E-state index in [2.05, 4.69) is 17.0 Å². The van der Waals surface area contributed by atoms with Crippen LogP contribution in [-0.4, -0.2) is 51.4 Å². The average molecular weight is 399 g/mol. The summed E-state index contributed by atoms with van der Waals surface area (Å²) in [6.45, 7) is 5.70. The molecule has 3 rings (SSSR count). The zero-order chi connectivity index (χ0) is 20.6. The van der Waals surface area contributed by atoms with Gasteiger partial charge in [-0.05, 0) is 67.3 Å². The number of carbonyl (C=O) groups excluding carboxylic acids is 1. The molecule has 0 atom stereocenters. The van der Waals surface area contributed by atoms with Crippen LogP contribution in [0.5, 0.6) is 17.2 Å². The van der Waals surface area contributed by atoms with Gasteiger partial charge in [0.15, 0.2) is 11.5 Å². The van der Waals surface area contributed by atoms with Crippen molar-refractivity contribution < 1.29 is 23.7 Å². The van der Waals surface area contributed by atoms with Crippen LogP contribution in [0.4, 0.5) is 0 Å². The fraction of sp³-hybridized carbons (Fsp3) is 0.435. The molecule has 6 nitrogen and oxygen atoms in total. The summed E-state index contributed by atoms with van der Waals surface area (Å²) < 4.78 is 21.6. The molecule has 0 fully saturated rings. The maximum atomic E-state index is 11.7. The number of ether oxygens (including phenoxy) is 4. The monoisotopic (exact) mass is 399 g/mol. The highest BCUT2D eigenvalue weighted by atomic mass is 16.5. The maximum Gasteiger partial charge on any atom is 0.338 e. The molecule has 0 bridgehead atoms. The summed E-state index contributed by atoms with van der Waals surface area (Å²) in [5.41, 5.74) is 3.17. The number of hydrogen-bond acceptors (Lipinski definition) is 6. The number of nitrogens with zero attached hydrogens (tertiary/aromatic N) is 1. The predicted molar refractivity (Wildman–Crippen MR) is 111 cm³/mol. The molecular weight excluding hydrogens is 370 g/mol. The van der Waals surface area contributed by atoms with Crippen molar-refractivity contribution in [2.75, 3.05) is 40.5 Å². The van der Waals surface area contributed by atoms with Crippen molar-refractivity contribution in [3.05, 3.63) is 53.1 Å². The van der Waals surface area contributed by atoms with Gasteiger partial charge in [0, 0.05) is 19.6 Å². The lowest BCUT2D eigenvalue weighted by Gasteiger charge is -2.29. The molecule has 1 aliphatic rings. The Hall–Kier alpha value is -2.73. The first-order valence-corrected chi connectivity index (χ1v) is 10.0. The van der Waals surface area contributed by atoms with Crippen LogP contribution in [0.15, 0.2) is 36.4 Å². The fourth-order valence-electron chi connectivity index (χ4n) is 3.51. The van der Waals surface area contributed by atoms with Crippen LogP contribution >= 0.6 is 0 Å². The van der Waals surface area contributed by atoms with E-state index in [0.717, 1.165) is 49.7 Å². The number of benzene rings is 2. The highest BCUT2D eigenvalue weighted by molar-refractivity contribution is 5.89. The molecule has 29 heavy (non-hydrogen) atoms. The zero-order valence-electron chi connectivity index (χ0n) is 17.4. The van der Waals surface area contributed by atoms with E-state index in [1.807, 2.05) is 12.1 Å². The Labute approximate surface area is 172 Å². The maximum absolute atomic E-state index is 11.7. The summed E-state index contributed by atoms with van der Waals surface area (Å²) >= 11 is 0. The molecule has 1 aliphatic heterocycles. The number of hydrogen-bond donors (Lipinski definition) is 0. The lowest BCUT2D eigenvalue weighted by molar-refractivity contribution is 0.0526. The topological polar surface area (TPSA) is 57.2 Å². The van der Waals surface area contributed by atoms with Gasteiger partial charge >= 0.3 is 5.97 Å². The van der Waals surface area contributed by atoms with E-state index in [0.29, 0.717) is 18.8 Å². The van der Waals surface area contributed by atoms with Gasteiger partial charge in [0.25, 0.3) is 0 Å². The van der Waals surface area contributed by atoms with Crippen LogP contribution in [0.2, 0.25) is 0 Å². The molecule has 2 aromatic rings. The Morgan fingerprint density at radius 3 is 2.38 bits per heavy atom. The number of methoxy groups -OCH3 is 2. The smallest absolute Gasteiger partial charge is 0.338 e. The van der Waals surface area contributed by atoms with E-state index < -0.39 is 0 Å². The third-order valence-electron chi connectivity index (χ3n) is 5.05. The van der Waals surface area contributed by atoms with Crippen LogP contribution in [-0.2, 0) is 17.7 Å². The van der Waals surface area contributed by atoms with E-state index in [-0.39, 0.29) is 5.97 Å². The van der Waals surface area contributed by atoms with Crippen LogP contribution in [0, 0.1) is 0 Å². The van der Waals surface area contributed by atoms with Gasteiger partial charge in [-0.2, -0.15) is 0 Å². The van der Waals surface area contributed by atoms with Crippen molar-refractivity contribution in [1.82, 2.24) is 4.90 Å². The Morgan fingerprint density at radius 2 is 1.72 bits per heavy atom. The zero-order valence-corrected chi connectivity index (χ0v) is 17.4. The molecule has 1 heterocycles. The van der Waals surface area contributed by atoms with Gasteiger partial charge in [-0.1, -0.05) is 0 Å². The normalized spacial score (nSPS) is 13.5. The molecule has 6 heteroatoms. The lowest BCUT2D eigenvalue weighted by atomic mass is 9.98. The summed E-state index contributed by atoms with van der Waals surface area (Å²) in [5.74, 6) is 2.03. The highest BCUT2D eigenvalue weighted by Crippen LogP contribution is 2.33. The van der Waals surface area contributed by atoms with Gasteiger partial charge in [-0.15, -0.1) is 0 Å². The third kappa shape index (κ3) is 5.41. The number of fused-ring (bicyclic) bond motifs is 1. The summed E-state index contributed by atoms with van der Waals surface area (Å²) in [4.78, 5) is 14.1. The Balaban J connectivity index is 1.45. The van der Waals surface area contributed by atoms with E-state index in [1.54, 1.807) is 33.3 Å². The van der Waals surface area contributed by atoms with Gasteiger partial charge in [0.05, 0.1) is 33.0 Å². The molecule has 0 N–H and O–H groups in total. The summed E-state index contributed by atoms with van der Waals surface area (Å²) in [7, 11) is 3.34. The highest BCUT2D eigenvalue weighted by Gasteiger charge is 2.19. The summed E-state index contributed by atoms with van der Waals surface area (Å²) in [6.07, 6.45) is 1.94. The minimum atomic E-state index is -0.307. The van der Waals surface area contributed by atoms with Gasteiger partial charge in [0.2, 0.25) is 0 Å². The van der Waals surface area contributed by atoms with Gasteiger partial charge in [-0.3, -0.25) is 4.90 Å². The predicted octanol–water partition coefficient (Wildman–Crippen LogP) is 3.71. The van der Waals surface area contributed by atoms with Crippen LogP contribution in [0.1, 0.15) is 34.8 Å². The Kier molecular flexibility index (Phi) is 7.36. The molecule has 0 unspecified atom stereocenters. The largest absolute Gasteiger partial charge is 0.494 e. The van der Waals surface area contributed by atoms with Crippen molar-refractivity contribution in [3.63, 3.8) is 0 Å². The summed E-state index contributed by atoms with van der Waals surface area (Å²) in [6, 6.07) is 11.3. The number of rotatable bonds is 9. The first-order chi connectivity index (χ1) is 14.1.